The number of hydrogen-bond donors (Lipinski definition) is 1. The zero-order valence-corrected chi connectivity index (χ0v) is 13.6. The van der Waals surface area contributed by atoms with Gasteiger partial charge in [0, 0.05) is 37.9 Å². The van der Waals surface area contributed by atoms with Gasteiger partial charge in [-0.2, -0.15) is 0 Å². The summed E-state index contributed by atoms with van der Waals surface area (Å²) in [6, 6.07) is 9.16. The molecule has 2 aliphatic rings. The van der Waals surface area contributed by atoms with Gasteiger partial charge >= 0.3 is 6.03 Å². The zero-order valence-electron chi connectivity index (χ0n) is 13.6. The molecule has 4 heteroatoms. The first-order valence-corrected chi connectivity index (χ1v) is 8.66. The first kappa shape index (κ1) is 15.2. The van der Waals surface area contributed by atoms with Gasteiger partial charge in [-0.3, -0.25) is 0 Å². The number of carbonyl (C=O) groups is 1. The monoisotopic (exact) mass is 301 g/mol. The second-order valence-electron chi connectivity index (χ2n) is 6.39. The van der Waals surface area contributed by atoms with Crippen molar-refractivity contribution >= 4 is 11.7 Å². The Bertz CT molecular complexity index is 503. The van der Waals surface area contributed by atoms with Gasteiger partial charge in [-0.1, -0.05) is 38.0 Å². The lowest BCUT2D eigenvalue weighted by Crippen LogP contribution is -2.53. The standard InChI is InChI=1S/C18H27N3O/c1-2-15-7-3-6-10-17(15)20-11-13-21(14-12-20)18(22)19-16-8-4-5-9-16/h3,6-7,10,16H,2,4-5,8-9,11-14H2,1H3,(H,19,22). The molecule has 0 bridgehead atoms. The molecule has 1 aliphatic carbocycles. The zero-order chi connectivity index (χ0) is 15.4. The van der Waals surface area contributed by atoms with Crippen LogP contribution in [0.4, 0.5) is 10.5 Å². The van der Waals surface area contributed by atoms with E-state index in [4.69, 9.17) is 0 Å². The van der Waals surface area contributed by atoms with Gasteiger partial charge in [-0.25, -0.2) is 4.79 Å². The minimum Gasteiger partial charge on any atom is -0.368 e. The van der Waals surface area contributed by atoms with E-state index in [9.17, 15) is 4.79 Å². The number of benzene rings is 1. The number of carbonyl (C=O) groups excluding carboxylic acids is 1. The van der Waals surface area contributed by atoms with Crippen molar-refractivity contribution in [1.82, 2.24) is 10.2 Å². The first-order valence-electron chi connectivity index (χ1n) is 8.66. The van der Waals surface area contributed by atoms with E-state index in [0.717, 1.165) is 45.4 Å². The summed E-state index contributed by atoms with van der Waals surface area (Å²) < 4.78 is 0. The molecule has 1 aliphatic heterocycles. The maximum absolute atomic E-state index is 12.3. The molecule has 3 rings (SSSR count). The summed E-state index contributed by atoms with van der Waals surface area (Å²) in [5, 5.41) is 3.19. The Kier molecular flexibility index (Phi) is 4.86. The van der Waals surface area contributed by atoms with Gasteiger partial charge in [-0.15, -0.1) is 0 Å². The fourth-order valence-corrected chi connectivity index (χ4v) is 3.60. The van der Waals surface area contributed by atoms with E-state index in [-0.39, 0.29) is 6.03 Å². The van der Waals surface area contributed by atoms with Crippen LogP contribution in [0.15, 0.2) is 24.3 Å². The Morgan fingerprint density at radius 3 is 2.50 bits per heavy atom. The molecule has 1 N–H and O–H groups in total. The number of hydrogen-bond acceptors (Lipinski definition) is 2. The summed E-state index contributed by atoms with van der Waals surface area (Å²) in [6.07, 6.45) is 5.86. The van der Waals surface area contributed by atoms with Crippen LogP contribution in [-0.4, -0.2) is 43.2 Å². The number of nitrogens with one attached hydrogen (secondary N) is 1. The van der Waals surface area contributed by atoms with Gasteiger partial charge in [0.05, 0.1) is 0 Å². The van der Waals surface area contributed by atoms with Gasteiger partial charge in [0.25, 0.3) is 0 Å². The van der Waals surface area contributed by atoms with Crippen LogP contribution in [-0.2, 0) is 6.42 Å². The summed E-state index contributed by atoms with van der Waals surface area (Å²) in [6.45, 7) is 5.68. The lowest BCUT2D eigenvalue weighted by molar-refractivity contribution is 0.190. The second-order valence-corrected chi connectivity index (χ2v) is 6.39. The van der Waals surface area contributed by atoms with Crippen LogP contribution in [0, 0.1) is 0 Å². The highest BCUT2D eigenvalue weighted by molar-refractivity contribution is 5.75. The van der Waals surface area contributed by atoms with Crippen LogP contribution in [0.1, 0.15) is 38.2 Å². The van der Waals surface area contributed by atoms with E-state index in [1.807, 2.05) is 4.90 Å². The summed E-state index contributed by atoms with van der Waals surface area (Å²) in [5.41, 5.74) is 2.73. The summed E-state index contributed by atoms with van der Waals surface area (Å²) in [7, 11) is 0. The number of para-hydroxylation sites is 1. The summed E-state index contributed by atoms with van der Waals surface area (Å²) in [4.78, 5) is 16.7. The van der Waals surface area contributed by atoms with Gasteiger partial charge in [0.1, 0.15) is 0 Å². The minimum absolute atomic E-state index is 0.135. The van der Waals surface area contributed by atoms with Gasteiger partial charge in [-0.05, 0) is 30.9 Å². The highest BCUT2D eigenvalue weighted by Gasteiger charge is 2.24. The number of aryl methyl sites for hydroxylation is 1. The third kappa shape index (κ3) is 3.37. The smallest absolute Gasteiger partial charge is 0.317 e. The number of piperazine rings is 1. The van der Waals surface area contributed by atoms with E-state index in [1.165, 1.54) is 24.1 Å². The fraction of sp³-hybridized carbons (Fsp3) is 0.611. The van der Waals surface area contributed by atoms with Crippen LogP contribution in [0.2, 0.25) is 0 Å². The van der Waals surface area contributed by atoms with Crippen molar-refractivity contribution in [2.24, 2.45) is 0 Å². The van der Waals surface area contributed by atoms with Gasteiger partial charge in [0.15, 0.2) is 0 Å². The van der Waals surface area contributed by atoms with Crippen molar-refractivity contribution in [2.45, 2.75) is 45.1 Å². The average Bonchev–Trinajstić information content (AvgIpc) is 3.08. The average molecular weight is 301 g/mol. The number of anilines is 1. The van der Waals surface area contributed by atoms with E-state index in [1.54, 1.807) is 0 Å². The SMILES string of the molecule is CCc1ccccc1N1CCN(C(=O)NC2CCCC2)CC1. The molecule has 2 fully saturated rings. The maximum atomic E-state index is 12.3. The molecular formula is C18H27N3O. The largest absolute Gasteiger partial charge is 0.368 e. The predicted octanol–water partition coefficient (Wildman–Crippen LogP) is 3.02. The molecule has 0 aromatic heterocycles. The Hall–Kier alpha value is -1.71. The van der Waals surface area contributed by atoms with Crippen molar-refractivity contribution in [2.75, 3.05) is 31.1 Å². The molecule has 0 atom stereocenters. The minimum atomic E-state index is 0.135. The first-order chi connectivity index (χ1) is 10.8. The van der Waals surface area contributed by atoms with Crippen molar-refractivity contribution in [1.29, 1.82) is 0 Å². The Morgan fingerprint density at radius 2 is 1.82 bits per heavy atom. The molecule has 0 radical (unpaired) electrons. The molecular weight excluding hydrogens is 274 g/mol. The molecule has 4 nitrogen and oxygen atoms in total. The summed E-state index contributed by atoms with van der Waals surface area (Å²) >= 11 is 0. The lowest BCUT2D eigenvalue weighted by atomic mass is 10.1. The van der Waals surface area contributed by atoms with Gasteiger partial charge < -0.3 is 15.1 Å². The molecule has 120 valence electrons. The summed E-state index contributed by atoms with van der Waals surface area (Å²) in [5.74, 6) is 0. The maximum Gasteiger partial charge on any atom is 0.317 e. The molecule has 1 saturated heterocycles. The van der Waals surface area contributed by atoms with Crippen LogP contribution >= 0.6 is 0 Å². The van der Waals surface area contributed by atoms with Crippen molar-refractivity contribution in [3.8, 4) is 0 Å². The molecule has 1 aromatic carbocycles. The Labute approximate surface area is 133 Å². The van der Waals surface area contributed by atoms with Crippen LogP contribution in [0.3, 0.4) is 0 Å². The molecule has 2 amide bonds. The number of urea groups is 1. The van der Waals surface area contributed by atoms with E-state index in [0.29, 0.717) is 6.04 Å². The quantitative estimate of drug-likeness (QED) is 0.931. The van der Waals surface area contributed by atoms with E-state index >= 15 is 0 Å². The highest BCUT2D eigenvalue weighted by Crippen LogP contribution is 2.22. The molecule has 1 saturated carbocycles. The third-order valence-corrected chi connectivity index (χ3v) is 4.96. The molecule has 1 heterocycles. The molecule has 1 aromatic rings. The number of amides is 2. The van der Waals surface area contributed by atoms with Crippen LogP contribution < -0.4 is 10.2 Å². The number of rotatable bonds is 3. The predicted molar refractivity (Wildman–Crippen MR) is 90.4 cm³/mol. The molecule has 22 heavy (non-hydrogen) atoms. The fourth-order valence-electron chi connectivity index (χ4n) is 3.60. The van der Waals surface area contributed by atoms with E-state index < -0.39 is 0 Å². The Balaban J connectivity index is 1.54. The lowest BCUT2D eigenvalue weighted by Gasteiger charge is -2.37. The molecule has 0 unspecified atom stereocenters. The van der Waals surface area contributed by atoms with Crippen molar-refractivity contribution < 1.29 is 4.79 Å². The van der Waals surface area contributed by atoms with Crippen LogP contribution in [0.25, 0.3) is 0 Å². The van der Waals surface area contributed by atoms with Gasteiger partial charge in [0.2, 0.25) is 0 Å². The van der Waals surface area contributed by atoms with Crippen molar-refractivity contribution in [3.63, 3.8) is 0 Å². The third-order valence-electron chi connectivity index (χ3n) is 4.96. The van der Waals surface area contributed by atoms with Crippen LogP contribution in [0.5, 0.6) is 0 Å². The van der Waals surface area contributed by atoms with Crippen molar-refractivity contribution in [3.05, 3.63) is 29.8 Å². The topological polar surface area (TPSA) is 35.6 Å². The molecule has 0 spiro atoms. The number of nitrogens with zero attached hydrogens (tertiary/aromatic N) is 2. The second kappa shape index (κ2) is 7.03. The highest BCUT2D eigenvalue weighted by atomic mass is 16.2. The normalized spacial score (nSPS) is 19.5. The Morgan fingerprint density at radius 1 is 1.14 bits per heavy atom. The van der Waals surface area contributed by atoms with E-state index in [2.05, 4.69) is 41.4 Å².